The number of allylic oxidation sites excluding steroid dienone is 4. The summed E-state index contributed by atoms with van der Waals surface area (Å²) < 4.78 is 0. The summed E-state index contributed by atoms with van der Waals surface area (Å²) in [5.74, 6) is 0.998. The molecule has 2 atom stereocenters. The second kappa shape index (κ2) is 3.87. The van der Waals surface area contributed by atoms with Crippen molar-refractivity contribution in [2.45, 2.75) is 53.4 Å². The first-order chi connectivity index (χ1) is 7.44. The zero-order valence-corrected chi connectivity index (χ0v) is 10.9. The minimum Gasteiger partial charge on any atom is -0.295 e. The maximum atomic E-state index is 12.1. The highest BCUT2D eigenvalue weighted by Crippen LogP contribution is 2.50. The molecule has 2 aliphatic carbocycles. The van der Waals surface area contributed by atoms with E-state index in [4.69, 9.17) is 0 Å². The van der Waals surface area contributed by atoms with E-state index in [0.29, 0.717) is 11.7 Å². The molecule has 0 amide bonds. The number of hydrogen-bond donors (Lipinski definition) is 0. The van der Waals surface area contributed by atoms with Crippen molar-refractivity contribution in [2.24, 2.45) is 11.3 Å². The van der Waals surface area contributed by atoms with E-state index in [2.05, 4.69) is 33.8 Å². The average Bonchev–Trinajstić information content (AvgIpc) is 2.15. The summed E-state index contributed by atoms with van der Waals surface area (Å²) in [4.78, 5) is 12.1. The predicted octanol–water partition coefficient (Wildman–Crippen LogP) is 4.05. The Morgan fingerprint density at radius 2 is 2.12 bits per heavy atom. The Labute approximate surface area is 98.6 Å². The third kappa shape index (κ3) is 1.77. The van der Waals surface area contributed by atoms with Gasteiger partial charge in [-0.2, -0.15) is 0 Å². The topological polar surface area (TPSA) is 17.1 Å². The van der Waals surface area contributed by atoms with Gasteiger partial charge in [0, 0.05) is 6.42 Å². The van der Waals surface area contributed by atoms with E-state index >= 15 is 0 Å². The van der Waals surface area contributed by atoms with Gasteiger partial charge in [0.1, 0.15) is 0 Å². The molecule has 0 N–H and O–H groups in total. The van der Waals surface area contributed by atoms with Crippen LogP contribution in [-0.4, -0.2) is 5.78 Å². The number of carbonyl (C=O) groups is 1. The zero-order valence-electron chi connectivity index (χ0n) is 10.9. The Bertz CT molecular complexity index is 382. The minimum atomic E-state index is 0.231. The van der Waals surface area contributed by atoms with Crippen LogP contribution in [0.1, 0.15) is 53.4 Å². The van der Waals surface area contributed by atoms with Crippen LogP contribution in [0.3, 0.4) is 0 Å². The summed E-state index contributed by atoms with van der Waals surface area (Å²) in [5, 5.41) is 0. The van der Waals surface area contributed by atoms with Crippen LogP contribution in [0, 0.1) is 11.3 Å². The van der Waals surface area contributed by atoms with Crippen LogP contribution < -0.4 is 0 Å². The molecule has 1 fully saturated rings. The Morgan fingerprint density at radius 1 is 1.44 bits per heavy atom. The fourth-order valence-corrected chi connectivity index (χ4v) is 3.39. The molecular formula is C15H22O. The minimum absolute atomic E-state index is 0.231. The zero-order chi connectivity index (χ0) is 11.9. The molecule has 0 aromatic heterocycles. The standard InChI is InChI=1S/C15H22O/c1-10(2)12-8-13-11(3)6-5-7-15(13,4)9-14(12)16/h6,13H,5,7-9H2,1-4H3/t13-,15-/m1/s1. The molecule has 0 bridgehead atoms. The molecule has 1 saturated carbocycles. The number of fused-ring (bicyclic) bond motifs is 1. The monoisotopic (exact) mass is 218 g/mol. The van der Waals surface area contributed by atoms with Crippen LogP contribution in [0.2, 0.25) is 0 Å². The molecule has 0 aliphatic heterocycles. The second-order valence-corrected chi connectivity index (χ2v) is 5.98. The van der Waals surface area contributed by atoms with Crippen molar-refractivity contribution in [1.29, 1.82) is 0 Å². The van der Waals surface area contributed by atoms with Crippen LogP contribution in [0.4, 0.5) is 0 Å². The SMILES string of the molecule is CC1=CCC[C@]2(C)CC(=O)C(=C(C)C)C[C@H]12. The van der Waals surface area contributed by atoms with Gasteiger partial charge in [-0.25, -0.2) is 0 Å². The Hall–Kier alpha value is -0.850. The van der Waals surface area contributed by atoms with Gasteiger partial charge in [0.05, 0.1) is 0 Å². The fraction of sp³-hybridized carbons (Fsp3) is 0.667. The van der Waals surface area contributed by atoms with Crippen LogP contribution in [0.25, 0.3) is 0 Å². The molecule has 1 nitrogen and oxygen atoms in total. The summed E-state index contributed by atoms with van der Waals surface area (Å²) in [6.07, 6.45) is 6.42. The van der Waals surface area contributed by atoms with Crippen molar-refractivity contribution in [1.82, 2.24) is 0 Å². The summed E-state index contributed by atoms with van der Waals surface area (Å²) >= 11 is 0. The average molecular weight is 218 g/mol. The van der Waals surface area contributed by atoms with Crippen LogP contribution in [0.5, 0.6) is 0 Å². The molecule has 0 aromatic carbocycles. The molecule has 0 heterocycles. The maximum absolute atomic E-state index is 12.1. The van der Waals surface area contributed by atoms with Gasteiger partial charge in [-0.15, -0.1) is 0 Å². The number of ketones is 1. The summed E-state index contributed by atoms with van der Waals surface area (Å²) in [7, 11) is 0. The van der Waals surface area contributed by atoms with E-state index < -0.39 is 0 Å². The highest BCUT2D eigenvalue weighted by Gasteiger charge is 2.43. The van der Waals surface area contributed by atoms with E-state index in [0.717, 1.165) is 24.8 Å². The number of Topliss-reactive ketones (excluding diaryl/α,β-unsaturated/α-hetero) is 1. The lowest BCUT2D eigenvalue weighted by Crippen LogP contribution is -2.38. The van der Waals surface area contributed by atoms with Crippen molar-refractivity contribution in [3.8, 4) is 0 Å². The van der Waals surface area contributed by atoms with Gasteiger partial charge in [-0.05, 0) is 56.9 Å². The lowest BCUT2D eigenvalue weighted by atomic mass is 9.59. The number of rotatable bonds is 0. The summed E-state index contributed by atoms with van der Waals surface area (Å²) in [6, 6.07) is 0. The van der Waals surface area contributed by atoms with E-state index in [1.807, 2.05) is 0 Å². The van der Waals surface area contributed by atoms with Crippen LogP contribution in [0.15, 0.2) is 22.8 Å². The molecular weight excluding hydrogens is 196 g/mol. The fourth-order valence-electron chi connectivity index (χ4n) is 3.39. The largest absolute Gasteiger partial charge is 0.295 e. The Kier molecular flexibility index (Phi) is 2.81. The predicted molar refractivity (Wildman–Crippen MR) is 67.2 cm³/mol. The lowest BCUT2D eigenvalue weighted by molar-refractivity contribution is -0.120. The Morgan fingerprint density at radius 3 is 2.75 bits per heavy atom. The normalized spacial score (nSPS) is 34.5. The molecule has 1 heteroatoms. The maximum Gasteiger partial charge on any atom is 0.159 e. The van der Waals surface area contributed by atoms with Gasteiger partial charge in [0.15, 0.2) is 5.78 Å². The van der Waals surface area contributed by atoms with E-state index in [9.17, 15) is 4.79 Å². The van der Waals surface area contributed by atoms with Gasteiger partial charge in [-0.3, -0.25) is 4.79 Å². The summed E-state index contributed by atoms with van der Waals surface area (Å²) in [6.45, 7) is 8.67. The molecule has 16 heavy (non-hydrogen) atoms. The van der Waals surface area contributed by atoms with Crippen molar-refractivity contribution in [3.05, 3.63) is 22.8 Å². The van der Waals surface area contributed by atoms with Crippen molar-refractivity contribution in [2.75, 3.05) is 0 Å². The molecule has 2 aliphatic rings. The highest BCUT2D eigenvalue weighted by molar-refractivity contribution is 5.97. The third-order valence-electron chi connectivity index (χ3n) is 4.49. The summed E-state index contributed by atoms with van der Waals surface area (Å²) in [5.41, 5.74) is 4.04. The number of hydrogen-bond acceptors (Lipinski definition) is 1. The smallest absolute Gasteiger partial charge is 0.159 e. The van der Waals surface area contributed by atoms with Crippen molar-refractivity contribution in [3.63, 3.8) is 0 Å². The number of carbonyl (C=O) groups excluding carboxylic acids is 1. The second-order valence-electron chi connectivity index (χ2n) is 5.98. The molecule has 0 spiro atoms. The van der Waals surface area contributed by atoms with Crippen molar-refractivity contribution < 1.29 is 4.79 Å². The van der Waals surface area contributed by atoms with E-state index in [-0.39, 0.29) is 5.41 Å². The van der Waals surface area contributed by atoms with E-state index in [1.54, 1.807) is 0 Å². The third-order valence-corrected chi connectivity index (χ3v) is 4.49. The first-order valence-electron chi connectivity index (χ1n) is 6.30. The first-order valence-corrected chi connectivity index (χ1v) is 6.30. The van der Waals surface area contributed by atoms with Crippen LogP contribution >= 0.6 is 0 Å². The van der Waals surface area contributed by atoms with Gasteiger partial charge >= 0.3 is 0 Å². The molecule has 0 radical (unpaired) electrons. The van der Waals surface area contributed by atoms with Gasteiger partial charge in [-0.1, -0.05) is 24.1 Å². The van der Waals surface area contributed by atoms with Crippen molar-refractivity contribution >= 4 is 5.78 Å². The first kappa shape index (κ1) is 11.6. The quantitative estimate of drug-likeness (QED) is 0.443. The van der Waals surface area contributed by atoms with Gasteiger partial charge in [0.25, 0.3) is 0 Å². The Balaban J connectivity index is 2.37. The van der Waals surface area contributed by atoms with E-state index in [1.165, 1.54) is 17.6 Å². The highest BCUT2D eigenvalue weighted by atomic mass is 16.1. The molecule has 2 rings (SSSR count). The lowest BCUT2D eigenvalue weighted by Gasteiger charge is -2.45. The molecule has 0 aromatic rings. The van der Waals surface area contributed by atoms with Gasteiger partial charge < -0.3 is 0 Å². The van der Waals surface area contributed by atoms with Crippen LogP contribution in [-0.2, 0) is 4.79 Å². The van der Waals surface area contributed by atoms with Gasteiger partial charge in [0.2, 0.25) is 0 Å². The molecule has 0 saturated heterocycles. The molecule has 88 valence electrons. The molecule has 0 unspecified atom stereocenters.